The van der Waals surface area contributed by atoms with Crippen LogP contribution in [0.15, 0.2) is 35.3 Å². The summed E-state index contributed by atoms with van der Waals surface area (Å²) in [6.45, 7) is 1.04. The molecule has 0 N–H and O–H groups in total. The summed E-state index contributed by atoms with van der Waals surface area (Å²) in [7, 11) is 0. The summed E-state index contributed by atoms with van der Waals surface area (Å²) in [6, 6.07) is 10.6. The minimum absolute atomic E-state index is 0. The zero-order chi connectivity index (χ0) is 8.23. The molecular formula is C11H14IN. The molecule has 1 aliphatic rings. The number of halogens is 1. The molecule has 13 heavy (non-hydrogen) atoms. The Morgan fingerprint density at radius 2 is 1.92 bits per heavy atom. The van der Waals surface area contributed by atoms with Crippen LogP contribution in [0.1, 0.15) is 18.4 Å². The van der Waals surface area contributed by atoms with Crippen LogP contribution in [0.4, 0.5) is 0 Å². The predicted molar refractivity (Wildman–Crippen MR) is 67.1 cm³/mol. The van der Waals surface area contributed by atoms with Gasteiger partial charge in [0.1, 0.15) is 0 Å². The number of hydrogen-bond donors (Lipinski definition) is 0. The van der Waals surface area contributed by atoms with Gasteiger partial charge in [-0.05, 0) is 18.4 Å². The third-order valence-corrected chi connectivity index (χ3v) is 2.21. The summed E-state index contributed by atoms with van der Waals surface area (Å²) in [5.41, 5.74) is 2.76. The van der Waals surface area contributed by atoms with Gasteiger partial charge in [-0.3, -0.25) is 4.99 Å². The highest BCUT2D eigenvalue weighted by Crippen LogP contribution is 2.09. The molecule has 2 heteroatoms. The minimum atomic E-state index is 0. The summed E-state index contributed by atoms with van der Waals surface area (Å²) in [6.07, 6.45) is 3.51. The Balaban J connectivity index is 0.000000845. The molecule has 0 spiro atoms. The first-order valence-electron chi connectivity index (χ1n) is 4.51. The van der Waals surface area contributed by atoms with Gasteiger partial charge < -0.3 is 0 Å². The molecule has 0 amide bonds. The highest BCUT2D eigenvalue weighted by Gasteiger charge is 2.05. The van der Waals surface area contributed by atoms with Crippen molar-refractivity contribution in [2.45, 2.75) is 19.3 Å². The lowest BCUT2D eigenvalue weighted by Crippen LogP contribution is -1.97. The largest absolute Gasteiger partial charge is 0.294 e. The van der Waals surface area contributed by atoms with Crippen molar-refractivity contribution in [1.29, 1.82) is 0 Å². The van der Waals surface area contributed by atoms with E-state index in [0.29, 0.717) is 0 Å². The fourth-order valence-electron chi connectivity index (χ4n) is 1.58. The van der Waals surface area contributed by atoms with E-state index in [2.05, 4.69) is 35.3 Å². The second-order valence-electron chi connectivity index (χ2n) is 3.21. The van der Waals surface area contributed by atoms with E-state index >= 15 is 0 Å². The zero-order valence-corrected chi connectivity index (χ0v) is 9.90. The van der Waals surface area contributed by atoms with Crippen molar-refractivity contribution in [1.82, 2.24) is 0 Å². The van der Waals surface area contributed by atoms with Crippen molar-refractivity contribution in [3.63, 3.8) is 0 Å². The lowest BCUT2D eigenvalue weighted by Gasteiger charge is -1.99. The quantitative estimate of drug-likeness (QED) is 0.741. The van der Waals surface area contributed by atoms with Crippen molar-refractivity contribution >= 4 is 29.7 Å². The average molecular weight is 287 g/mol. The maximum Gasteiger partial charge on any atom is 0.0392 e. The molecule has 70 valence electrons. The molecule has 0 unspecified atom stereocenters. The Bertz CT molecular complexity index is 279. The van der Waals surface area contributed by atoms with Crippen LogP contribution >= 0.6 is 24.0 Å². The van der Waals surface area contributed by atoms with Crippen LogP contribution in [0.3, 0.4) is 0 Å². The van der Waals surface area contributed by atoms with Gasteiger partial charge in [-0.2, -0.15) is 0 Å². The van der Waals surface area contributed by atoms with E-state index in [9.17, 15) is 0 Å². The van der Waals surface area contributed by atoms with Crippen molar-refractivity contribution in [3.05, 3.63) is 35.9 Å². The first-order valence-corrected chi connectivity index (χ1v) is 4.51. The van der Waals surface area contributed by atoms with Crippen LogP contribution in [-0.2, 0) is 6.42 Å². The number of benzene rings is 1. The fourth-order valence-corrected chi connectivity index (χ4v) is 1.58. The molecule has 0 bridgehead atoms. The molecule has 0 radical (unpaired) electrons. The molecule has 1 aromatic carbocycles. The summed E-state index contributed by atoms with van der Waals surface area (Å²) >= 11 is 0. The molecule has 1 nitrogen and oxygen atoms in total. The van der Waals surface area contributed by atoms with E-state index in [1.807, 2.05) is 0 Å². The molecule has 0 saturated carbocycles. The van der Waals surface area contributed by atoms with Gasteiger partial charge in [0.05, 0.1) is 0 Å². The second kappa shape index (κ2) is 5.37. The maximum absolute atomic E-state index is 4.45. The van der Waals surface area contributed by atoms with Gasteiger partial charge in [0.15, 0.2) is 0 Å². The van der Waals surface area contributed by atoms with E-state index in [1.165, 1.54) is 24.1 Å². The lowest BCUT2D eigenvalue weighted by atomic mass is 10.1. The van der Waals surface area contributed by atoms with Crippen molar-refractivity contribution in [3.8, 4) is 0 Å². The Kier molecular flexibility index (Phi) is 4.42. The molecule has 1 aliphatic heterocycles. The molecule has 0 fully saturated rings. The minimum Gasteiger partial charge on any atom is -0.294 e. The molecule has 0 saturated heterocycles. The van der Waals surface area contributed by atoms with Crippen LogP contribution in [0.2, 0.25) is 0 Å². The first kappa shape index (κ1) is 10.7. The first-order chi connectivity index (χ1) is 5.95. The molecule has 0 atom stereocenters. The van der Waals surface area contributed by atoms with Gasteiger partial charge in [-0.15, -0.1) is 24.0 Å². The Labute approximate surface area is 96.3 Å². The summed E-state index contributed by atoms with van der Waals surface area (Å²) in [5.74, 6) is 0. The van der Waals surface area contributed by atoms with E-state index < -0.39 is 0 Å². The van der Waals surface area contributed by atoms with Crippen LogP contribution in [0, 0.1) is 0 Å². The number of rotatable bonds is 2. The fraction of sp³-hybridized carbons (Fsp3) is 0.364. The maximum atomic E-state index is 4.45. The highest BCUT2D eigenvalue weighted by molar-refractivity contribution is 14.0. The van der Waals surface area contributed by atoms with E-state index in [0.717, 1.165) is 13.0 Å². The monoisotopic (exact) mass is 287 g/mol. The van der Waals surface area contributed by atoms with Gasteiger partial charge in [-0.1, -0.05) is 30.3 Å². The van der Waals surface area contributed by atoms with Gasteiger partial charge in [0, 0.05) is 18.7 Å². The number of nitrogens with zero attached hydrogens (tertiary/aromatic N) is 1. The van der Waals surface area contributed by atoms with Gasteiger partial charge in [0.2, 0.25) is 0 Å². The van der Waals surface area contributed by atoms with Crippen molar-refractivity contribution in [2.75, 3.05) is 6.54 Å². The zero-order valence-electron chi connectivity index (χ0n) is 7.57. The molecule has 1 heterocycles. The standard InChI is InChI=1S/C11H13N.HI/c1-2-5-10(6-3-1)9-11-7-4-8-12-11;/h1-3,5-6H,4,7-9H2;1H. The topological polar surface area (TPSA) is 12.4 Å². The molecule has 1 aromatic rings. The smallest absolute Gasteiger partial charge is 0.0392 e. The summed E-state index contributed by atoms with van der Waals surface area (Å²) in [5, 5.41) is 0. The van der Waals surface area contributed by atoms with Crippen LogP contribution < -0.4 is 0 Å². The van der Waals surface area contributed by atoms with Crippen molar-refractivity contribution < 1.29 is 0 Å². The Morgan fingerprint density at radius 1 is 1.15 bits per heavy atom. The Morgan fingerprint density at radius 3 is 2.54 bits per heavy atom. The average Bonchev–Trinajstić information content (AvgIpc) is 2.59. The van der Waals surface area contributed by atoms with Crippen molar-refractivity contribution in [2.24, 2.45) is 4.99 Å². The van der Waals surface area contributed by atoms with E-state index in [1.54, 1.807) is 0 Å². The lowest BCUT2D eigenvalue weighted by molar-refractivity contribution is 0.949. The van der Waals surface area contributed by atoms with Crippen LogP contribution in [0.25, 0.3) is 0 Å². The van der Waals surface area contributed by atoms with Gasteiger partial charge >= 0.3 is 0 Å². The summed E-state index contributed by atoms with van der Waals surface area (Å²) < 4.78 is 0. The summed E-state index contributed by atoms with van der Waals surface area (Å²) in [4.78, 5) is 4.45. The normalized spacial score (nSPS) is 14.9. The molecule has 0 aliphatic carbocycles. The third kappa shape index (κ3) is 3.10. The SMILES string of the molecule is I.c1ccc(CC2=NCCC2)cc1. The Hall–Kier alpha value is -0.380. The van der Waals surface area contributed by atoms with Crippen LogP contribution in [-0.4, -0.2) is 12.3 Å². The molecular weight excluding hydrogens is 273 g/mol. The number of hydrogen-bond acceptors (Lipinski definition) is 1. The number of aliphatic imine (C=N–C) groups is 1. The van der Waals surface area contributed by atoms with Gasteiger partial charge in [-0.25, -0.2) is 0 Å². The third-order valence-electron chi connectivity index (χ3n) is 2.21. The van der Waals surface area contributed by atoms with E-state index in [-0.39, 0.29) is 24.0 Å². The highest BCUT2D eigenvalue weighted by atomic mass is 127. The van der Waals surface area contributed by atoms with E-state index in [4.69, 9.17) is 0 Å². The van der Waals surface area contributed by atoms with Gasteiger partial charge in [0.25, 0.3) is 0 Å². The second-order valence-corrected chi connectivity index (χ2v) is 3.21. The molecule has 2 rings (SSSR count). The molecule has 0 aromatic heterocycles. The predicted octanol–water partition coefficient (Wildman–Crippen LogP) is 3.08. The van der Waals surface area contributed by atoms with Crippen LogP contribution in [0.5, 0.6) is 0 Å².